The highest BCUT2D eigenvalue weighted by atomic mass is 28.4. The van der Waals surface area contributed by atoms with Crippen LogP contribution in [0.25, 0.3) is 0 Å². The predicted molar refractivity (Wildman–Crippen MR) is 70.3 cm³/mol. The Morgan fingerprint density at radius 2 is 1.83 bits per heavy atom. The summed E-state index contributed by atoms with van der Waals surface area (Å²) in [5.74, 6) is 0. The molecule has 0 spiro atoms. The summed E-state index contributed by atoms with van der Waals surface area (Å²) in [5, 5.41) is 0. The first kappa shape index (κ1) is 16.1. The maximum absolute atomic E-state index is 5.71. The minimum absolute atomic E-state index is 0.193. The van der Waals surface area contributed by atoms with Crippen molar-refractivity contribution >= 4 is 8.80 Å². The monoisotopic (exact) mass is 278 g/mol. The molecule has 0 bridgehead atoms. The van der Waals surface area contributed by atoms with Gasteiger partial charge in [0.15, 0.2) is 0 Å². The summed E-state index contributed by atoms with van der Waals surface area (Å²) in [6.45, 7) is 6.73. The largest absolute Gasteiger partial charge is 0.502 e. The standard InChI is InChI=1S/C12H26O5Si/c1-5-7-18(13-3,14-4)17-11-16-10-12(6-2)8-15-9-12/h5-11H2,1-4H3. The number of ether oxygens (including phenoxy) is 2. The third-order valence-corrected chi connectivity index (χ3v) is 6.43. The van der Waals surface area contributed by atoms with Crippen LogP contribution in [0.15, 0.2) is 0 Å². The van der Waals surface area contributed by atoms with E-state index in [-0.39, 0.29) is 12.2 Å². The molecule has 0 aliphatic carbocycles. The van der Waals surface area contributed by atoms with E-state index in [4.69, 9.17) is 22.8 Å². The minimum Gasteiger partial charge on any atom is -0.380 e. The van der Waals surface area contributed by atoms with Crippen LogP contribution in [0, 0.1) is 5.41 Å². The van der Waals surface area contributed by atoms with Gasteiger partial charge in [-0.15, -0.1) is 0 Å². The van der Waals surface area contributed by atoms with Crippen LogP contribution in [0.1, 0.15) is 26.7 Å². The van der Waals surface area contributed by atoms with Gasteiger partial charge >= 0.3 is 8.80 Å². The van der Waals surface area contributed by atoms with E-state index < -0.39 is 8.80 Å². The van der Waals surface area contributed by atoms with E-state index in [1.165, 1.54) is 0 Å². The van der Waals surface area contributed by atoms with Crippen molar-refractivity contribution in [2.75, 3.05) is 40.8 Å². The van der Waals surface area contributed by atoms with E-state index in [9.17, 15) is 0 Å². The van der Waals surface area contributed by atoms with Crippen molar-refractivity contribution < 1.29 is 22.8 Å². The average Bonchev–Trinajstić information content (AvgIpc) is 2.36. The molecule has 0 radical (unpaired) electrons. The number of hydrogen-bond acceptors (Lipinski definition) is 5. The fraction of sp³-hybridized carbons (Fsp3) is 1.00. The molecule has 1 aliphatic rings. The molecule has 0 aromatic rings. The molecule has 18 heavy (non-hydrogen) atoms. The zero-order valence-electron chi connectivity index (χ0n) is 12.0. The first-order valence-electron chi connectivity index (χ1n) is 6.55. The molecule has 0 aromatic heterocycles. The van der Waals surface area contributed by atoms with E-state index >= 15 is 0 Å². The van der Waals surface area contributed by atoms with E-state index in [1.807, 2.05) is 0 Å². The fourth-order valence-electron chi connectivity index (χ4n) is 1.95. The summed E-state index contributed by atoms with van der Waals surface area (Å²) in [5.41, 5.74) is 0.193. The van der Waals surface area contributed by atoms with Crippen molar-refractivity contribution in [3.8, 4) is 0 Å². The minimum atomic E-state index is -2.50. The van der Waals surface area contributed by atoms with Crippen LogP contribution in [0.3, 0.4) is 0 Å². The van der Waals surface area contributed by atoms with E-state index in [0.717, 1.165) is 32.1 Å². The van der Waals surface area contributed by atoms with Gasteiger partial charge in [-0.3, -0.25) is 0 Å². The number of hydrogen-bond donors (Lipinski definition) is 0. The molecule has 108 valence electrons. The van der Waals surface area contributed by atoms with Gasteiger partial charge in [0.1, 0.15) is 6.79 Å². The highest BCUT2D eigenvalue weighted by molar-refractivity contribution is 6.60. The van der Waals surface area contributed by atoms with E-state index in [1.54, 1.807) is 14.2 Å². The molecule has 0 N–H and O–H groups in total. The summed E-state index contributed by atoms with van der Waals surface area (Å²) in [6, 6.07) is 0.811. The molecule has 0 amide bonds. The lowest BCUT2D eigenvalue weighted by atomic mass is 9.84. The van der Waals surface area contributed by atoms with Crippen LogP contribution in [-0.2, 0) is 22.8 Å². The third kappa shape index (κ3) is 4.01. The summed E-state index contributed by atoms with van der Waals surface area (Å²) >= 11 is 0. The van der Waals surface area contributed by atoms with Gasteiger partial charge in [0.05, 0.1) is 19.8 Å². The maximum atomic E-state index is 5.71. The van der Waals surface area contributed by atoms with Crippen LogP contribution in [0.4, 0.5) is 0 Å². The van der Waals surface area contributed by atoms with Gasteiger partial charge in [0.2, 0.25) is 0 Å². The fourth-order valence-corrected chi connectivity index (χ4v) is 3.78. The SMILES string of the molecule is CCC[Si](OC)(OC)OCOCC1(CC)COC1. The Morgan fingerprint density at radius 1 is 1.17 bits per heavy atom. The Kier molecular flexibility index (Phi) is 6.76. The second kappa shape index (κ2) is 7.57. The molecule has 6 heteroatoms. The van der Waals surface area contributed by atoms with Gasteiger partial charge in [-0.05, 0) is 6.42 Å². The van der Waals surface area contributed by atoms with Gasteiger partial charge in [-0.1, -0.05) is 20.3 Å². The van der Waals surface area contributed by atoms with Crippen molar-refractivity contribution in [1.82, 2.24) is 0 Å². The second-order valence-electron chi connectivity index (χ2n) is 4.80. The summed E-state index contributed by atoms with van der Waals surface area (Å²) in [6.07, 6.45) is 2.04. The highest BCUT2D eigenvalue weighted by Crippen LogP contribution is 2.31. The van der Waals surface area contributed by atoms with Crippen LogP contribution in [0.2, 0.25) is 6.04 Å². The molecule has 0 unspecified atom stereocenters. The first-order chi connectivity index (χ1) is 8.66. The summed E-state index contributed by atoms with van der Waals surface area (Å²) in [7, 11) is 0.777. The zero-order valence-corrected chi connectivity index (χ0v) is 13.0. The maximum Gasteiger partial charge on any atom is 0.502 e. The molecular weight excluding hydrogens is 252 g/mol. The van der Waals surface area contributed by atoms with E-state index in [2.05, 4.69) is 13.8 Å². The third-order valence-electron chi connectivity index (χ3n) is 3.52. The van der Waals surface area contributed by atoms with Gasteiger partial charge in [0, 0.05) is 25.7 Å². The summed E-state index contributed by atoms with van der Waals surface area (Å²) < 4.78 is 27.4. The highest BCUT2D eigenvalue weighted by Gasteiger charge is 2.39. The second-order valence-corrected chi connectivity index (χ2v) is 7.77. The smallest absolute Gasteiger partial charge is 0.380 e. The lowest BCUT2D eigenvalue weighted by Gasteiger charge is -2.40. The lowest BCUT2D eigenvalue weighted by molar-refractivity contribution is -0.166. The van der Waals surface area contributed by atoms with Gasteiger partial charge in [-0.25, -0.2) is 0 Å². The van der Waals surface area contributed by atoms with Gasteiger partial charge in [-0.2, -0.15) is 0 Å². The molecule has 1 aliphatic heterocycles. The molecule has 5 nitrogen and oxygen atoms in total. The molecule has 0 saturated carbocycles. The molecule has 1 fully saturated rings. The van der Waals surface area contributed by atoms with Gasteiger partial charge < -0.3 is 22.8 Å². The lowest BCUT2D eigenvalue weighted by Crippen LogP contribution is -2.47. The van der Waals surface area contributed by atoms with Gasteiger partial charge in [0.25, 0.3) is 0 Å². The Hall–Kier alpha value is 0.0169. The van der Waals surface area contributed by atoms with Crippen molar-refractivity contribution in [2.45, 2.75) is 32.7 Å². The molecule has 1 heterocycles. The summed E-state index contributed by atoms with van der Waals surface area (Å²) in [4.78, 5) is 0. The van der Waals surface area contributed by atoms with Crippen molar-refractivity contribution in [3.05, 3.63) is 0 Å². The first-order valence-corrected chi connectivity index (χ1v) is 8.49. The topological polar surface area (TPSA) is 46.2 Å². The number of rotatable bonds is 10. The molecular formula is C12H26O5Si. The molecule has 1 rings (SSSR count). The Morgan fingerprint density at radius 3 is 2.22 bits per heavy atom. The Labute approximate surface area is 111 Å². The molecule has 0 aromatic carbocycles. The Bertz CT molecular complexity index is 223. The predicted octanol–water partition coefficient (Wildman–Crippen LogP) is 2.05. The van der Waals surface area contributed by atoms with Crippen LogP contribution in [-0.4, -0.2) is 49.6 Å². The van der Waals surface area contributed by atoms with Crippen LogP contribution < -0.4 is 0 Å². The molecule has 0 atom stereocenters. The van der Waals surface area contributed by atoms with Crippen molar-refractivity contribution in [2.24, 2.45) is 5.41 Å². The Balaban J connectivity index is 2.26. The zero-order chi connectivity index (χ0) is 13.5. The van der Waals surface area contributed by atoms with Crippen molar-refractivity contribution in [1.29, 1.82) is 0 Å². The molecule has 1 saturated heterocycles. The van der Waals surface area contributed by atoms with Crippen molar-refractivity contribution in [3.63, 3.8) is 0 Å². The quantitative estimate of drug-likeness (QED) is 0.348. The van der Waals surface area contributed by atoms with E-state index in [0.29, 0.717) is 6.61 Å². The normalized spacial score (nSPS) is 18.7. The van der Waals surface area contributed by atoms with Crippen LogP contribution >= 0.6 is 0 Å². The average molecular weight is 278 g/mol. The van der Waals surface area contributed by atoms with Crippen LogP contribution in [0.5, 0.6) is 0 Å².